The first-order valence-corrected chi connectivity index (χ1v) is 7.74. The second-order valence-corrected chi connectivity index (χ2v) is 6.53. The molecular formula is C13H11Br3N2. The zero-order valence-electron chi connectivity index (χ0n) is 9.67. The second-order valence-electron chi connectivity index (χ2n) is 3.91. The Morgan fingerprint density at radius 3 is 2.33 bits per heavy atom. The van der Waals surface area contributed by atoms with Gasteiger partial charge in [0.1, 0.15) is 0 Å². The van der Waals surface area contributed by atoms with Crippen molar-refractivity contribution < 1.29 is 0 Å². The van der Waals surface area contributed by atoms with Gasteiger partial charge in [-0.2, -0.15) is 0 Å². The summed E-state index contributed by atoms with van der Waals surface area (Å²) < 4.78 is 3.07. The van der Waals surface area contributed by atoms with Gasteiger partial charge in [-0.15, -0.1) is 0 Å². The SMILES string of the molecule is Cc1ccc(CNc2c(Br)cc(Br)cc2Br)cn1. The first-order valence-electron chi connectivity index (χ1n) is 5.36. The van der Waals surface area contributed by atoms with E-state index in [-0.39, 0.29) is 0 Å². The number of aryl methyl sites for hydroxylation is 1. The minimum atomic E-state index is 0.742. The van der Waals surface area contributed by atoms with Crippen molar-refractivity contribution in [2.24, 2.45) is 0 Å². The molecule has 0 atom stereocenters. The van der Waals surface area contributed by atoms with E-state index in [1.165, 1.54) is 0 Å². The van der Waals surface area contributed by atoms with Crippen molar-refractivity contribution in [1.82, 2.24) is 4.98 Å². The van der Waals surface area contributed by atoms with Crippen LogP contribution in [0.1, 0.15) is 11.3 Å². The highest BCUT2D eigenvalue weighted by Crippen LogP contribution is 2.34. The van der Waals surface area contributed by atoms with Crippen molar-refractivity contribution in [3.63, 3.8) is 0 Å². The predicted octanol–water partition coefficient (Wildman–Crippen LogP) is 5.29. The van der Waals surface area contributed by atoms with Gasteiger partial charge >= 0.3 is 0 Å². The molecule has 0 aliphatic heterocycles. The fraction of sp³-hybridized carbons (Fsp3) is 0.154. The van der Waals surface area contributed by atoms with Crippen LogP contribution in [0.5, 0.6) is 0 Å². The van der Waals surface area contributed by atoms with Crippen molar-refractivity contribution in [2.75, 3.05) is 5.32 Å². The molecule has 94 valence electrons. The molecule has 1 N–H and O–H groups in total. The maximum absolute atomic E-state index is 4.28. The van der Waals surface area contributed by atoms with Crippen LogP contribution in [0.15, 0.2) is 43.9 Å². The standard InChI is InChI=1S/C13H11Br3N2/c1-8-2-3-9(6-17-8)7-18-13-11(15)4-10(14)5-12(13)16/h2-6,18H,7H2,1H3. The van der Waals surface area contributed by atoms with Crippen LogP contribution >= 0.6 is 47.8 Å². The number of pyridine rings is 1. The molecule has 1 heterocycles. The van der Waals surface area contributed by atoms with Gasteiger partial charge in [0.15, 0.2) is 0 Å². The number of aromatic nitrogens is 1. The quantitative estimate of drug-likeness (QED) is 0.710. The third kappa shape index (κ3) is 3.56. The topological polar surface area (TPSA) is 24.9 Å². The number of halogens is 3. The van der Waals surface area contributed by atoms with Gasteiger partial charge in [0.25, 0.3) is 0 Å². The molecule has 5 heteroatoms. The maximum Gasteiger partial charge on any atom is 0.0632 e. The Hall–Kier alpha value is -0.390. The van der Waals surface area contributed by atoms with Gasteiger partial charge in [-0.05, 0) is 62.5 Å². The van der Waals surface area contributed by atoms with E-state index in [4.69, 9.17) is 0 Å². The lowest BCUT2D eigenvalue weighted by molar-refractivity contribution is 1.08. The Morgan fingerprint density at radius 1 is 1.11 bits per heavy atom. The van der Waals surface area contributed by atoms with E-state index in [9.17, 15) is 0 Å². The highest BCUT2D eigenvalue weighted by molar-refractivity contribution is 9.11. The van der Waals surface area contributed by atoms with Crippen LogP contribution < -0.4 is 5.32 Å². The van der Waals surface area contributed by atoms with Gasteiger partial charge in [-0.3, -0.25) is 4.98 Å². The smallest absolute Gasteiger partial charge is 0.0632 e. The highest BCUT2D eigenvalue weighted by Gasteiger charge is 2.06. The molecule has 2 rings (SSSR count). The van der Waals surface area contributed by atoms with Crippen LogP contribution in [-0.4, -0.2) is 4.98 Å². The highest BCUT2D eigenvalue weighted by atomic mass is 79.9. The van der Waals surface area contributed by atoms with E-state index in [0.29, 0.717) is 0 Å². The zero-order chi connectivity index (χ0) is 13.1. The lowest BCUT2D eigenvalue weighted by Gasteiger charge is -2.11. The largest absolute Gasteiger partial charge is 0.379 e. The Kier molecular flexibility index (Phi) is 4.81. The van der Waals surface area contributed by atoms with Crippen molar-refractivity contribution >= 4 is 53.5 Å². The molecule has 0 fully saturated rings. The summed E-state index contributed by atoms with van der Waals surface area (Å²) in [7, 11) is 0. The summed E-state index contributed by atoms with van der Waals surface area (Å²) in [6.07, 6.45) is 1.89. The predicted molar refractivity (Wildman–Crippen MR) is 85.8 cm³/mol. The normalized spacial score (nSPS) is 10.4. The minimum Gasteiger partial charge on any atom is -0.379 e. The van der Waals surface area contributed by atoms with Gasteiger partial charge in [0.05, 0.1) is 5.69 Å². The fourth-order valence-electron chi connectivity index (χ4n) is 1.50. The summed E-state index contributed by atoms with van der Waals surface area (Å²) in [4.78, 5) is 4.28. The molecule has 2 aromatic rings. The van der Waals surface area contributed by atoms with Crippen LogP contribution in [0.25, 0.3) is 0 Å². The second kappa shape index (κ2) is 6.17. The number of anilines is 1. The molecule has 0 radical (unpaired) electrons. The summed E-state index contributed by atoms with van der Waals surface area (Å²) in [5.74, 6) is 0. The molecule has 0 spiro atoms. The molecule has 0 bridgehead atoms. The van der Waals surface area contributed by atoms with E-state index in [1.807, 2.05) is 31.3 Å². The summed E-state index contributed by atoms with van der Waals surface area (Å²) in [5, 5.41) is 3.39. The van der Waals surface area contributed by atoms with Gasteiger partial charge in [0.2, 0.25) is 0 Å². The van der Waals surface area contributed by atoms with Gasteiger partial charge in [-0.1, -0.05) is 22.0 Å². The third-order valence-corrected chi connectivity index (χ3v) is 4.16. The number of benzene rings is 1. The number of nitrogens with one attached hydrogen (secondary N) is 1. The zero-order valence-corrected chi connectivity index (χ0v) is 14.4. The van der Waals surface area contributed by atoms with E-state index in [2.05, 4.69) is 64.2 Å². The van der Waals surface area contributed by atoms with E-state index in [1.54, 1.807) is 0 Å². The molecule has 2 nitrogen and oxygen atoms in total. The van der Waals surface area contributed by atoms with Crippen LogP contribution in [-0.2, 0) is 6.54 Å². The first kappa shape index (κ1) is 14.0. The summed E-state index contributed by atoms with van der Waals surface area (Å²) in [6.45, 7) is 2.73. The van der Waals surface area contributed by atoms with E-state index in [0.717, 1.165) is 36.9 Å². The Balaban J connectivity index is 2.13. The van der Waals surface area contributed by atoms with Crippen LogP contribution in [0.2, 0.25) is 0 Å². The van der Waals surface area contributed by atoms with E-state index >= 15 is 0 Å². The molecular weight excluding hydrogens is 424 g/mol. The number of rotatable bonds is 3. The van der Waals surface area contributed by atoms with Crippen LogP contribution in [0.3, 0.4) is 0 Å². The monoisotopic (exact) mass is 432 g/mol. The summed E-state index contributed by atoms with van der Waals surface area (Å²) >= 11 is 10.5. The molecule has 18 heavy (non-hydrogen) atoms. The average molecular weight is 435 g/mol. The molecule has 0 saturated heterocycles. The van der Waals surface area contributed by atoms with Crippen molar-refractivity contribution in [1.29, 1.82) is 0 Å². The summed E-state index contributed by atoms with van der Waals surface area (Å²) in [6, 6.07) is 8.12. The summed E-state index contributed by atoms with van der Waals surface area (Å²) in [5.41, 5.74) is 3.23. The van der Waals surface area contributed by atoms with Crippen molar-refractivity contribution in [3.8, 4) is 0 Å². The fourth-order valence-corrected chi connectivity index (χ4v) is 4.04. The average Bonchev–Trinajstić information content (AvgIpc) is 2.30. The molecule has 0 unspecified atom stereocenters. The van der Waals surface area contributed by atoms with Gasteiger partial charge in [-0.25, -0.2) is 0 Å². The number of nitrogens with zero attached hydrogens (tertiary/aromatic N) is 1. The lowest BCUT2D eigenvalue weighted by Crippen LogP contribution is -2.01. The van der Waals surface area contributed by atoms with Gasteiger partial charge in [0, 0.05) is 31.9 Å². The molecule has 0 amide bonds. The van der Waals surface area contributed by atoms with Crippen LogP contribution in [0.4, 0.5) is 5.69 Å². The first-order chi connectivity index (χ1) is 8.56. The Morgan fingerprint density at radius 2 is 1.78 bits per heavy atom. The van der Waals surface area contributed by atoms with Crippen molar-refractivity contribution in [2.45, 2.75) is 13.5 Å². The number of hydrogen-bond donors (Lipinski definition) is 1. The molecule has 0 aliphatic rings. The van der Waals surface area contributed by atoms with E-state index < -0.39 is 0 Å². The maximum atomic E-state index is 4.28. The van der Waals surface area contributed by atoms with Gasteiger partial charge < -0.3 is 5.32 Å². The minimum absolute atomic E-state index is 0.742. The Bertz CT molecular complexity index is 530. The Labute approximate surface area is 132 Å². The third-order valence-electron chi connectivity index (χ3n) is 2.45. The molecule has 0 aliphatic carbocycles. The van der Waals surface area contributed by atoms with Crippen LogP contribution in [0, 0.1) is 6.92 Å². The lowest BCUT2D eigenvalue weighted by atomic mass is 10.2. The number of hydrogen-bond acceptors (Lipinski definition) is 2. The van der Waals surface area contributed by atoms with Crippen molar-refractivity contribution in [3.05, 3.63) is 55.1 Å². The molecule has 1 aromatic carbocycles. The molecule has 0 saturated carbocycles. The molecule has 1 aromatic heterocycles.